The van der Waals surface area contributed by atoms with Crippen LogP contribution in [0.15, 0.2) is 34.3 Å². The van der Waals surface area contributed by atoms with Gasteiger partial charge in [0.25, 0.3) is 0 Å². The molecule has 0 spiro atoms. The van der Waals surface area contributed by atoms with Gasteiger partial charge in [-0.2, -0.15) is 0 Å². The van der Waals surface area contributed by atoms with Crippen molar-refractivity contribution < 1.29 is 13.9 Å². The Labute approximate surface area is 190 Å². The first-order valence-corrected chi connectivity index (χ1v) is 10.8. The van der Waals surface area contributed by atoms with Gasteiger partial charge >= 0.3 is 0 Å². The van der Waals surface area contributed by atoms with Crippen LogP contribution < -0.4 is 21.1 Å². The normalized spacial score (nSPS) is 23.6. The highest BCUT2D eigenvalue weighted by molar-refractivity contribution is 6.32. The van der Waals surface area contributed by atoms with Crippen LogP contribution in [0.25, 0.3) is 0 Å². The molecular weight excluding hydrogens is 444 g/mol. The Balaban J connectivity index is 1.79. The number of nitrogens with zero attached hydrogens (tertiary/aromatic N) is 2. The fraction of sp³-hybridized carbons (Fsp3) is 0.429. The first-order valence-electron chi connectivity index (χ1n) is 10.1. The van der Waals surface area contributed by atoms with E-state index in [0.29, 0.717) is 40.1 Å². The number of carbonyl (C=O) groups excluding carboxylic acids is 1. The van der Waals surface area contributed by atoms with Gasteiger partial charge in [0, 0.05) is 48.3 Å². The van der Waals surface area contributed by atoms with Crippen molar-refractivity contribution in [3.63, 3.8) is 0 Å². The number of halogens is 3. The maximum Gasteiger partial charge on any atom is 0.220 e. The molecule has 1 aromatic carbocycles. The SMILES string of the molecule is CC(C)Oc1c(C(C)C2NC(Cl)=C3C(N)=NC=CN32)cc(Cl)c(F)c1C1CNC(=O)C1. The van der Waals surface area contributed by atoms with E-state index in [0.717, 1.165) is 0 Å². The van der Waals surface area contributed by atoms with Crippen molar-refractivity contribution in [3.05, 3.63) is 51.3 Å². The molecule has 0 aromatic heterocycles. The van der Waals surface area contributed by atoms with Crippen LogP contribution in [-0.2, 0) is 4.79 Å². The lowest BCUT2D eigenvalue weighted by molar-refractivity contribution is -0.119. The molecule has 0 aliphatic carbocycles. The van der Waals surface area contributed by atoms with Crippen molar-refractivity contribution in [2.45, 2.75) is 51.3 Å². The van der Waals surface area contributed by atoms with Crippen LogP contribution in [0.2, 0.25) is 5.02 Å². The molecule has 0 bridgehead atoms. The van der Waals surface area contributed by atoms with Crippen LogP contribution in [0.5, 0.6) is 5.75 Å². The molecule has 4 rings (SSSR count). The zero-order valence-corrected chi connectivity index (χ0v) is 18.9. The van der Waals surface area contributed by atoms with E-state index in [1.807, 2.05) is 25.7 Å². The highest BCUT2D eigenvalue weighted by Gasteiger charge is 2.39. The average molecular weight is 468 g/mol. The number of rotatable bonds is 5. The molecular formula is C21H24Cl2FN5O2. The Hall–Kier alpha value is -2.45. The molecule has 1 aromatic rings. The summed E-state index contributed by atoms with van der Waals surface area (Å²) in [5.41, 5.74) is 7.64. The van der Waals surface area contributed by atoms with Gasteiger partial charge in [-0.1, -0.05) is 30.1 Å². The Morgan fingerprint density at radius 1 is 1.35 bits per heavy atom. The van der Waals surface area contributed by atoms with Crippen LogP contribution in [0.1, 0.15) is 50.2 Å². The Kier molecular flexibility index (Phi) is 5.79. The van der Waals surface area contributed by atoms with Gasteiger partial charge in [0.1, 0.15) is 28.6 Å². The van der Waals surface area contributed by atoms with E-state index < -0.39 is 5.82 Å². The smallest absolute Gasteiger partial charge is 0.220 e. The molecule has 0 radical (unpaired) electrons. The van der Waals surface area contributed by atoms with E-state index in [-0.39, 0.29) is 41.5 Å². The topological polar surface area (TPSA) is 92.0 Å². The minimum absolute atomic E-state index is 0.0140. The predicted molar refractivity (Wildman–Crippen MR) is 118 cm³/mol. The maximum absolute atomic E-state index is 15.2. The van der Waals surface area contributed by atoms with Gasteiger partial charge in [-0.15, -0.1) is 0 Å². The van der Waals surface area contributed by atoms with E-state index in [1.54, 1.807) is 18.5 Å². The predicted octanol–water partition coefficient (Wildman–Crippen LogP) is 3.45. The summed E-state index contributed by atoms with van der Waals surface area (Å²) < 4.78 is 21.4. The molecule has 1 fully saturated rings. The number of amides is 1. The first kappa shape index (κ1) is 21.8. The van der Waals surface area contributed by atoms with E-state index in [1.165, 1.54) is 0 Å². The van der Waals surface area contributed by atoms with Crippen molar-refractivity contribution in [3.8, 4) is 5.75 Å². The molecule has 31 heavy (non-hydrogen) atoms. The second kappa shape index (κ2) is 8.24. The molecule has 10 heteroatoms. The molecule has 166 valence electrons. The monoisotopic (exact) mass is 467 g/mol. The Bertz CT molecular complexity index is 1020. The van der Waals surface area contributed by atoms with Crippen molar-refractivity contribution in [2.24, 2.45) is 10.7 Å². The lowest BCUT2D eigenvalue weighted by Gasteiger charge is -2.33. The third-order valence-corrected chi connectivity index (χ3v) is 6.23. The van der Waals surface area contributed by atoms with Gasteiger partial charge in [-0.3, -0.25) is 4.79 Å². The van der Waals surface area contributed by atoms with Gasteiger partial charge in [-0.25, -0.2) is 9.38 Å². The number of aliphatic imine (C=N–C) groups is 1. The van der Waals surface area contributed by atoms with Gasteiger partial charge in [-0.05, 0) is 19.9 Å². The van der Waals surface area contributed by atoms with E-state index in [4.69, 9.17) is 33.7 Å². The quantitative estimate of drug-likeness (QED) is 0.576. The third kappa shape index (κ3) is 3.83. The standard InChI is InChI=1S/C21H24Cl2FN5O2/c1-9(2)31-18-12(7-13(22)16(24)15(18)11-6-14(30)27-8-11)10(3)21-28-19(23)17-20(25)26-4-5-29(17)21/h4-5,7,9-11,21,28H,6,8H2,1-3H3,(H2,25,26)(H,27,30). The number of ether oxygens (including phenoxy) is 1. The Morgan fingerprint density at radius 2 is 2.10 bits per heavy atom. The molecule has 4 N–H and O–H groups in total. The van der Waals surface area contributed by atoms with Crippen LogP contribution in [0.3, 0.4) is 0 Å². The molecule has 1 amide bonds. The Morgan fingerprint density at radius 3 is 2.74 bits per heavy atom. The highest BCUT2D eigenvalue weighted by atomic mass is 35.5. The van der Waals surface area contributed by atoms with E-state index in [2.05, 4.69) is 15.6 Å². The molecule has 1 saturated heterocycles. The second-order valence-corrected chi connectivity index (χ2v) is 8.92. The number of amidine groups is 1. The number of hydrogen-bond acceptors (Lipinski definition) is 6. The fourth-order valence-electron chi connectivity index (χ4n) is 4.24. The minimum atomic E-state index is -0.555. The van der Waals surface area contributed by atoms with Crippen molar-refractivity contribution in [1.29, 1.82) is 0 Å². The summed E-state index contributed by atoms with van der Waals surface area (Å²) in [5.74, 6) is -0.558. The van der Waals surface area contributed by atoms with Crippen molar-refractivity contribution >= 4 is 34.9 Å². The van der Waals surface area contributed by atoms with Crippen molar-refractivity contribution in [1.82, 2.24) is 15.5 Å². The number of hydrogen-bond donors (Lipinski definition) is 3. The van der Waals surface area contributed by atoms with Crippen LogP contribution in [-0.4, -0.2) is 35.5 Å². The number of benzene rings is 1. The van der Waals surface area contributed by atoms with E-state index in [9.17, 15) is 4.79 Å². The van der Waals surface area contributed by atoms with Gasteiger partial charge in [0.15, 0.2) is 5.84 Å². The summed E-state index contributed by atoms with van der Waals surface area (Å²) in [5, 5.41) is 6.37. The number of nitrogens with two attached hydrogens (primary N) is 1. The molecule has 3 atom stereocenters. The number of fused-ring (bicyclic) bond motifs is 1. The average Bonchev–Trinajstić information content (AvgIpc) is 3.28. The largest absolute Gasteiger partial charge is 0.490 e. The molecule has 3 aliphatic heterocycles. The summed E-state index contributed by atoms with van der Waals surface area (Å²) in [4.78, 5) is 17.8. The van der Waals surface area contributed by atoms with Gasteiger partial charge < -0.3 is 26.0 Å². The van der Waals surface area contributed by atoms with Crippen LogP contribution >= 0.6 is 23.2 Å². The molecule has 7 nitrogen and oxygen atoms in total. The second-order valence-electron chi connectivity index (χ2n) is 8.14. The summed E-state index contributed by atoms with van der Waals surface area (Å²) in [6.07, 6.45) is 3.03. The summed E-state index contributed by atoms with van der Waals surface area (Å²) >= 11 is 12.7. The number of nitrogens with one attached hydrogen (secondary N) is 2. The number of carbonyl (C=O) groups is 1. The highest BCUT2D eigenvalue weighted by Crippen LogP contribution is 2.45. The van der Waals surface area contributed by atoms with Gasteiger partial charge in [0.05, 0.1) is 11.1 Å². The summed E-state index contributed by atoms with van der Waals surface area (Å²) in [6, 6.07) is 1.59. The summed E-state index contributed by atoms with van der Waals surface area (Å²) in [6.45, 7) is 6.05. The summed E-state index contributed by atoms with van der Waals surface area (Å²) in [7, 11) is 0. The van der Waals surface area contributed by atoms with Crippen molar-refractivity contribution in [2.75, 3.05) is 6.54 Å². The lowest BCUT2D eigenvalue weighted by atomic mass is 9.88. The minimum Gasteiger partial charge on any atom is -0.490 e. The van der Waals surface area contributed by atoms with Crippen LogP contribution in [0, 0.1) is 5.82 Å². The molecule has 3 aliphatic rings. The third-order valence-electron chi connectivity index (χ3n) is 5.66. The molecule has 3 unspecified atom stereocenters. The molecule has 3 heterocycles. The lowest BCUT2D eigenvalue weighted by Crippen LogP contribution is -2.41. The zero-order valence-electron chi connectivity index (χ0n) is 17.4. The zero-order chi connectivity index (χ0) is 22.4. The van der Waals surface area contributed by atoms with Crippen LogP contribution in [0.4, 0.5) is 4.39 Å². The molecule has 0 saturated carbocycles. The van der Waals surface area contributed by atoms with E-state index >= 15 is 4.39 Å². The van der Waals surface area contributed by atoms with Gasteiger partial charge in [0.2, 0.25) is 5.91 Å². The fourth-order valence-corrected chi connectivity index (χ4v) is 4.77. The maximum atomic E-state index is 15.2. The first-order chi connectivity index (χ1) is 14.7.